The first kappa shape index (κ1) is 13.2. The van der Waals surface area contributed by atoms with E-state index >= 15 is 0 Å². The van der Waals surface area contributed by atoms with Gasteiger partial charge in [-0.15, -0.1) is 0 Å². The molecule has 0 saturated carbocycles. The maximum atomic E-state index is 12.2. The predicted octanol–water partition coefficient (Wildman–Crippen LogP) is 4.09. The van der Waals surface area contributed by atoms with Crippen LogP contribution in [0.1, 0.15) is 21.5 Å². The summed E-state index contributed by atoms with van der Waals surface area (Å²) in [5.74, 6) is 0.599. The van der Waals surface area contributed by atoms with Crippen molar-refractivity contribution in [2.75, 3.05) is 0 Å². The summed E-state index contributed by atoms with van der Waals surface area (Å²) in [6.07, 6.45) is 2.93. The third-order valence-corrected chi connectivity index (χ3v) is 3.13. The van der Waals surface area contributed by atoms with Crippen LogP contribution in [0.15, 0.2) is 77.6 Å². The molecule has 3 aromatic rings. The van der Waals surface area contributed by atoms with Crippen LogP contribution in [0.3, 0.4) is 0 Å². The van der Waals surface area contributed by atoms with Gasteiger partial charge in [0.15, 0.2) is 5.78 Å². The highest BCUT2D eigenvalue weighted by atomic mass is 16.5. The first-order chi connectivity index (χ1) is 10.3. The number of furan rings is 1. The number of benzene rings is 2. The molecule has 0 saturated heterocycles. The molecule has 0 aliphatic heterocycles. The highest BCUT2D eigenvalue weighted by Gasteiger charge is 2.10. The Balaban J connectivity index is 1.73. The van der Waals surface area contributed by atoms with Crippen LogP contribution in [-0.2, 0) is 6.61 Å². The summed E-state index contributed by atoms with van der Waals surface area (Å²) in [4.78, 5) is 12.2. The topological polar surface area (TPSA) is 39.4 Å². The fourth-order valence-corrected chi connectivity index (χ4v) is 2.03. The standard InChI is InChI=1S/C18H14O3/c19-18(16-9-10-20-13-16)15-7-4-8-17(11-15)21-12-14-5-2-1-3-6-14/h1-11,13H,12H2. The van der Waals surface area contributed by atoms with E-state index < -0.39 is 0 Å². The second kappa shape index (κ2) is 6.09. The molecule has 0 fully saturated rings. The van der Waals surface area contributed by atoms with E-state index in [1.54, 1.807) is 18.2 Å². The summed E-state index contributed by atoms with van der Waals surface area (Å²) in [6, 6.07) is 18.7. The monoisotopic (exact) mass is 278 g/mol. The van der Waals surface area contributed by atoms with Gasteiger partial charge in [-0.3, -0.25) is 4.79 Å². The van der Waals surface area contributed by atoms with Gasteiger partial charge in [0.2, 0.25) is 0 Å². The second-order valence-corrected chi connectivity index (χ2v) is 4.64. The Labute approximate surface area is 122 Å². The van der Waals surface area contributed by atoms with Crippen LogP contribution in [0, 0.1) is 0 Å². The molecule has 0 radical (unpaired) electrons. The summed E-state index contributed by atoms with van der Waals surface area (Å²) in [6.45, 7) is 0.476. The van der Waals surface area contributed by atoms with E-state index in [1.807, 2.05) is 42.5 Å². The van der Waals surface area contributed by atoms with Crippen molar-refractivity contribution in [3.05, 3.63) is 89.9 Å². The molecule has 1 aromatic heterocycles. The van der Waals surface area contributed by atoms with Gasteiger partial charge in [0.05, 0.1) is 11.8 Å². The van der Waals surface area contributed by atoms with Gasteiger partial charge in [-0.2, -0.15) is 0 Å². The summed E-state index contributed by atoms with van der Waals surface area (Å²) >= 11 is 0. The Hall–Kier alpha value is -2.81. The van der Waals surface area contributed by atoms with Gasteiger partial charge in [-0.25, -0.2) is 0 Å². The van der Waals surface area contributed by atoms with Gasteiger partial charge in [-0.1, -0.05) is 42.5 Å². The van der Waals surface area contributed by atoms with Gasteiger partial charge in [-0.05, 0) is 23.8 Å². The zero-order valence-corrected chi connectivity index (χ0v) is 11.4. The Kier molecular flexibility index (Phi) is 3.83. The number of hydrogen-bond acceptors (Lipinski definition) is 3. The zero-order valence-electron chi connectivity index (χ0n) is 11.4. The van der Waals surface area contributed by atoms with Crippen LogP contribution >= 0.6 is 0 Å². The smallest absolute Gasteiger partial charge is 0.196 e. The normalized spacial score (nSPS) is 10.3. The molecule has 3 nitrogen and oxygen atoms in total. The first-order valence-electron chi connectivity index (χ1n) is 6.66. The molecule has 21 heavy (non-hydrogen) atoms. The van der Waals surface area contributed by atoms with Crippen molar-refractivity contribution < 1.29 is 13.9 Å². The molecule has 2 aromatic carbocycles. The maximum absolute atomic E-state index is 12.2. The molecule has 0 atom stereocenters. The number of ether oxygens (including phenoxy) is 1. The van der Waals surface area contributed by atoms with Crippen molar-refractivity contribution in [3.63, 3.8) is 0 Å². The second-order valence-electron chi connectivity index (χ2n) is 4.64. The van der Waals surface area contributed by atoms with Gasteiger partial charge in [0.1, 0.15) is 18.6 Å². The molecule has 3 rings (SSSR count). The van der Waals surface area contributed by atoms with Crippen molar-refractivity contribution in [2.24, 2.45) is 0 Å². The number of hydrogen-bond donors (Lipinski definition) is 0. The molecule has 0 spiro atoms. The van der Waals surface area contributed by atoms with Gasteiger partial charge < -0.3 is 9.15 Å². The molecular weight excluding hydrogens is 264 g/mol. The quantitative estimate of drug-likeness (QED) is 0.660. The average Bonchev–Trinajstić information content (AvgIpc) is 3.08. The lowest BCUT2D eigenvalue weighted by Gasteiger charge is -2.07. The van der Waals surface area contributed by atoms with E-state index in [1.165, 1.54) is 12.5 Å². The van der Waals surface area contributed by atoms with Crippen LogP contribution in [0.2, 0.25) is 0 Å². The van der Waals surface area contributed by atoms with Crippen LogP contribution in [0.4, 0.5) is 0 Å². The molecule has 0 aliphatic carbocycles. The van der Waals surface area contributed by atoms with Crippen LogP contribution in [0.25, 0.3) is 0 Å². The minimum atomic E-state index is -0.0751. The van der Waals surface area contributed by atoms with Crippen LogP contribution in [-0.4, -0.2) is 5.78 Å². The van der Waals surface area contributed by atoms with Crippen molar-refractivity contribution in [1.82, 2.24) is 0 Å². The van der Waals surface area contributed by atoms with E-state index in [-0.39, 0.29) is 5.78 Å². The zero-order chi connectivity index (χ0) is 14.5. The molecule has 104 valence electrons. The number of ketones is 1. The highest BCUT2D eigenvalue weighted by molar-refractivity contribution is 6.08. The lowest BCUT2D eigenvalue weighted by Crippen LogP contribution is -2.01. The Morgan fingerprint density at radius 3 is 2.57 bits per heavy atom. The molecular formula is C18H14O3. The fourth-order valence-electron chi connectivity index (χ4n) is 2.03. The van der Waals surface area contributed by atoms with Gasteiger partial charge in [0.25, 0.3) is 0 Å². The maximum Gasteiger partial charge on any atom is 0.196 e. The van der Waals surface area contributed by atoms with Gasteiger partial charge >= 0.3 is 0 Å². The summed E-state index contributed by atoms with van der Waals surface area (Å²) in [5, 5.41) is 0. The molecule has 0 N–H and O–H groups in total. The van der Waals surface area contributed by atoms with Crippen molar-refractivity contribution in [3.8, 4) is 5.75 Å². The third kappa shape index (κ3) is 3.20. The van der Waals surface area contributed by atoms with E-state index in [4.69, 9.17) is 9.15 Å². The predicted molar refractivity (Wildman–Crippen MR) is 79.4 cm³/mol. The van der Waals surface area contributed by atoms with Crippen molar-refractivity contribution >= 4 is 5.78 Å². The molecule has 3 heteroatoms. The minimum Gasteiger partial charge on any atom is -0.489 e. The average molecular weight is 278 g/mol. The van der Waals surface area contributed by atoms with Crippen LogP contribution in [0.5, 0.6) is 5.75 Å². The lowest BCUT2D eigenvalue weighted by atomic mass is 10.1. The largest absolute Gasteiger partial charge is 0.489 e. The van der Waals surface area contributed by atoms with E-state index in [0.717, 1.165) is 5.56 Å². The highest BCUT2D eigenvalue weighted by Crippen LogP contribution is 2.18. The first-order valence-corrected chi connectivity index (χ1v) is 6.66. The SMILES string of the molecule is O=C(c1ccoc1)c1cccc(OCc2ccccc2)c1. The molecule has 0 unspecified atom stereocenters. The summed E-state index contributed by atoms with van der Waals surface area (Å²) in [5.41, 5.74) is 2.21. The van der Waals surface area contributed by atoms with E-state index in [0.29, 0.717) is 23.5 Å². The lowest BCUT2D eigenvalue weighted by molar-refractivity contribution is 0.103. The molecule has 1 heterocycles. The Morgan fingerprint density at radius 1 is 0.952 bits per heavy atom. The number of rotatable bonds is 5. The Bertz CT molecular complexity index is 715. The number of carbonyl (C=O) groups excluding carboxylic acids is 1. The Morgan fingerprint density at radius 2 is 1.81 bits per heavy atom. The molecule has 0 amide bonds. The van der Waals surface area contributed by atoms with E-state index in [9.17, 15) is 4.79 Å². The van der Waals surface area contributed by atoms with E-state index in [2.05, 4.69) is 0 Å². The summed E-state index contributed by atoms with van der Waals surface area (Å²) in [7, 11) is 0. The molecule has 0 bridgehead atoms. The fraction of sp³-hybridized carbons (Fsp3) is 0.0556. The van der Waals surface area contributed by atoms with Crippen LogP contribution < -0.4 is 4.74 Å². The summed E-state index contributed by atoms with van der Waals surface area (Å²) < 4.78 is 10.7. The van der Waals surface area contributed by atoms with Crippen molar-refractivity contribution in [1.29, 1.82) is 0 Å². The van der Waals surface area contributed by atoms with Crippen molar-refractivity contribution in [2.45, 2.75) is 6.61 Å². The minimum absolute atomic E-state index is 0.0751. The third-order valence-electron chi connectivity index (χ3n) is 3.13. The number of carbonyl (C=O) groups is 1. The van der Waals surface area contributed by atoms with Gasteiger partial charge in [0, 0.05) is 5.56 Å². The molecule has 0 aliphatic rings.